The van der Waals surface area contributed by atoms with E-state index in [1.165, 1.54) is 0 Å². The van der Waals surface area contributed by atoms with Crippen molar-refractivity contribution < 1.29 is 171 Å². The van der Waals surface area contributed by atoms with Crippen molar-refractivity contribution in [3.05, 3.63) is 0 Å². The molecule has 0 aromatic rings. The summed E-state index contributed by atoms with van der Waals surface area (Å²) < 4.78 is 0. The van der Waals surface area contributed by atoms with Gasteiger partial charge in [0.25, 0.3) is 0 Å². The molecule has 0 amide bonds. The minimum atomic E-state index is -2.67. The standard InChI is InChI=1S/5BH3O3.BHO3.K.Na/c6*2-1(3)4;;/h5*2-4H;2H;;/q;;;;;-2;2*+1. The molecule has 26 heteroatoms. The number of hydrogen-bond acceptors (Lipinski definition) is 18. The minimum Gasteiger partial charge on any atom is -0.871 e. The van der Waals surface area contributed by atoms with E-state index in [2.05, 4.69) is 0 Å². The maximum atomic E-state index is 8.53. The SMILES string of the molecule is OB(O)O.OB(O)O.OB(O)O.OB(O)O.OB(O)O.[K+].[Na+].[O-]B([O-])O. The molecule has 0 spiro atoms. The third kappa shape index (κ3) is 3170. The fourth-order valence-electron chi connectivity index (χ4n) is 0. The largest absolute Gasteiger partial charge is 1.00 e. The summed E-state index contributed by atoms with van der Waals surface area (Å²) in [5.74, 6) is 0. The van der Waals surface area contributed by atoms with Crippen LogP contribution in [0.4, 0.5) is 0 Å². The van der Waals surface area contributed by atoms with Crippen molar-refractivity contribution in [3.8, 4) is 0 Å². The predicted molar refractivity (Wildman–Crippen MR) is 70.0 cm³/mol. The molecule has 0 aliphatic heterocycles. The van der Waals surface area contributed by atoms with E-state index in [1.807, 2.05) is 0 Å². The average molecular weight is 431 g/mol. The van der Waals surface area contributed by atoms with Gasteiger partial charge in [0.15, 0.2) is 0 Å². The molecule has 18 nitrogen and oxygen atoms in total. The van der Waals surface area contributed by atoms with Crippen molar-refractivity contribution in [1.82, 2.24) is 0 Å². The molecular formula is H16B6KNaO18. The van der Waals surface area contributed by atoms with Gasteiger partial charge in [0.05, 0.1) is 7.32 Å². The summed E-state index contributed by atoms with van der Waals surface area (Å²) in [5.41, 5.74) is 0. The summed E-state index contributed by atoms with van der Waals surface area (Å²) in [7, 11) is -13.5. The van der Waals surface area contributed by atoms with Crippen molar-refractivity contribution in [3.63, 3.8) is 0 Å². The van der Waals surface area contributed by atoms with Crippen molar-refractivity contribution in [2.24, 2.45) is 0 Å². The van der Waals surface area contributed by atoms with E-state index in [0.717, 1.165) is 0 Å². The molecule has 0 rings (SSSR count). The Bertz CT molecular complexity index is 107. The molecule has 0 aromatic carbocycles. The van der Waals surface area contributed by atoms with Crippen LogP contribution < -0.4 is 91.0 Å². The van der Waals surface area contributed by atoms with Gasteiger partial charge in [-0.3, -0.25) is 0 Å². The molecule has 0 fully saturated rings. The van der Waals surface area contributed by atoms with Gasteiger partial charge in [-0.2, -0.15) is 0 Å². The zero-order valence-electron chi connectivity index (χ0n) is 13.4. The van der Waals surface area contributed by atoms with Crippen LogP contribution in [0, 0.1) is 0 Å². The monoisotopic (exact) mass is 432 g/mol. The molecule has 0 radical (unpaired) electrons. The summed E-state index contributed by atoms with van der Waals surface area (Å²) in [5, 5.41) is 132. The first kappa shape index (κ1) is 51.2. The van der Waals surface area contributed by atoms with Crippen LogP contribution >= 0.6 is 0 Å². The Morgan fingerprint density at radius 3 is 0.346 bits per heavy atom. The Morgan fingerprint density at radius 2 is 0.346 bits per heavy atom. The third-order valence-corrected chi connectivity index (χ3v) is 0. The second-order valence-corrected chi connectivity index (χ2v) is 2.04. The molecule has 0 atom stereocenters. The Morgan fingerprint density at radius 1 is 0.346 bits per heavy atom. The van der Waals surface area contributed by atoms with E-state index < -0.39 is 43.9 Å². The van der Waals surface area contributed by atoms with Gasteiger partial charge in [-0.25, -0.2) is 0 Å². The summed E-state index contributed by atoms with van der Waals surface area (Å²) in [6, 6.07) is 0. The van der Waals surface area contributed by atoms with E-state index in [1.54, 1.807) is 0 Å². The second-order valence-electron chi connectivity index (χ2n) is 2.04. The van der Waals surface area contributed by atoms with Crippen LogP contribution in [0.2, 0.25) is 0 Å². The summed E-state index contributed by atoms with van der Waals surface area (Å²) in [4.78, 5) is 0. The first-order chi connectivity index (χ1) is 10.4. The zero-order valence-corrected chi connectivity index (χ0v) is 18.6. The first-order valence-electron chi connectivity index (χ1n) is 4.60. The normalized spacial score (nSPS) is 6.23. The van der Waals surface area contributed by atoms with Gasteiger partial charge < -0.3 is 90.4 Å². The number of hydrogen-bond donors (Lipinski definition) is 16. The van der Waals surface area contributed by atoms with Gasteiger partial charge in [0.1, 0.15) is 0 Å². The molecule has 144 valence electrons. The Kier molecular flexibility index (Phi) is 90.2. The molecule has 0 unspecified atom stereocenters. The van der Waals surface area contributed by atoms with E-state index in [-0.39, 0.29) is 80.9 Å². The van der Waals surface area contributed by atoms with Gasteiger partial charge in [-0.15, -0.1) is 0 Å². The van der Waals surface area contributed by atoms with Crippen molar-refractivity contribution in [2.75, 3.05) is 0 Å². The second kappa shape index (κ2) is 45.8. The van der Waals surface area contributed by atoms with Gasteiger partial charge in [-0.05, 0) is 0 Å². The first-order valence-corrected chi connectivity index (χ1v) is 4.60. The molecule has 0 heterocycles. The van der Waals surface area contributed by atoms with Crippen LogP contribution in [0.5, 0.6) is 0 Å². The van der Waals surface area contributed by atoms with Gasteiger partial charge in [0, 0.05) is 0 Å². The summed E-state index contributed by atoms with van der Waals surface area (Å²) in [6.45, 7) is 0. The summed E-state index contributed by atoms with van der Waals surface area (Å²) in [6.07, 6.45) is 0. The maximum absolute atomic E-state index is 8.53. The Labute approximate surface area is 213 Å². The molecule has 0 aliphatic carbocycles. The molecule has 16 N–H and O–H groups in total. The van der Waals surface area contributed by atoms with Gasteiger partial charge >= 0.3 is 118 Å². The van der Waals surface area contributed by atoms with Crippen molar-refractivity contribution in [1.29, 1.82) is 0 Å². The molecule has 0 aromatic heterocycles. The molecule has 0 aliphatic rings. The van der Waals surface area contributed by atoms with E-state index in [0.29, 0.717) is 0 Å². The minimum absolute atomic E-state index is 0. The third-order valence-electron chi connectivity index (χ3n) is 0. The van der Waals surface area contributed by atoms with Crippen molar-refractivity contribution in [2.45, 2.75) is 0 Å². The Balaban J connectivity index is -0.0000000245. The van der Waals surface area contributed by atoms with Crippen LogP contribution in [0.25, 0.3) is 0 Å². The van der Waals surface area contributed by atoms with E-state index in [4.69, 9.17) is 90.4 Å². The fraction of sp³-hybridized carbons (Fsp3) is 0. The average Bonchev–Trinajstić information content (AvgIpc) is 2.08. The zero-order chi connectivity index (χ0) is 21.5. The van der Waals surface area contributed by atoms with Crippen LogP contribution in [-0.4, -0.2) is 124 Å². The van der Waals surface area contributed by atoms with Crippen LogP contribution in [0.1, 0.15) is 0 Å². The van der Waals surface area contributed by atoms with Crippen molar-refractivity contribution >= 4 is 43.9 Å². The maximum Gasteiger partial charge on any atom is 1.00 e. The van der Waals surface area contributed by atoms with Crippen LogP contribution in [-0.2, 0) is 0 Å². The van der Waals surface area contributed by atoms with Crippen LogP contribution in [0.15, 0.2) is 0 Å². The topological polar surface area (TPSA) is 370 Å². The molecule has 0 saturated heterocycles. The number of rotatable bonds is 0. The van der Waals surface area contributed by atoms with Gasteiger partial charge in [0.2, 0.25) is 0 Å². The summed E-state index contributed by atoms with van der Waals surface area (Å²) >= 11 is 0. The van der Waals surface area contributed by atoms with Gasteiger partial charge in [-0.1, -0.05) is 0 Å². The predicted octanol–water partition coefficient (Wildman–Crippen LogP) is -19.6. The Hall–Kier alpha value is 2.31. The molecule has 26 heavy (non-hydrogen) atoms. The van der Waals surface area contributed by atoms with E-state index in [9.17, 15) is 0 Å². The smallest absolute Gasteiger partial charge is 0.871 e. The van der Waals surface area contributed by atoms with E-state index >= 15 is 0 Å². The molecule has 0 saturated carbocycles. The molecule has 0 bridgehead atoms. The molecular weight excluding hydrogens is 415 g/mol. The quantitative estimate of drug-likeness (QED) is 0.158. The van der Waals surface area contributed by atoms with Crippen LogP contribution in [0.3, 0.4) is 0 Å². The fourth-order valence-corrected chi connectivity index (χ4v) is 0.